The second kappa shape index (κ2) is 4.92. The van der Waals surface area contributed by atoms with E-state index in [0.29, 0.717) is 11.4 Å². The van der Waals surface area contributed by atoms with Crippen LogP contribution in [0.25, 0.3) is 0 Å². The van der Waals surface area contributed by atoms with Crippen molar-refractivity contribution in [2.24, 2.45) is 7.05 Å². The SMILES string of the molecule is Cn1ncnc1COc1ccc(CO)cc1F. The van der Waals surface area contributed by atoms with Gasteiger partial charge in [-0.05, 0) is 17.7 Å². The molecule has 1 N–H and O–H groups in total. The summed E-state index contributed by atoms with van der Waals surface area (Å²) in [6, 6.07) is 4.33. The Kier molecular flexibility index (Phi) is 3.34. The average Bonchev–Trinajstić information content (AvgIpc) is 2.73. The lowest BCUT2D eigenvalue weighted by molar-refractivity contribution is 0.270. The first-order chi connectivity index (χ1) is 8.20. The number of ether oxygens (including phenoxy) is 1. The molecule has 17 heavy (non-hydrogen) atoms. The Morgan fingerprint density at radius 1 is 1.47 bits per heavy atom. The number of aromatic nitrogens is 3. The molecule has 0 radical (unpaired) electrons. The highest BCUT2D eigenvalue weighted by molar-refractivity contribution is 5.29. The number of halogens is 1. The van der Waals surface area contributed by atoms with Gasteiger partial charge in [0.2, 0.25) is 0 Å². The van der Waals surface area contributed by atoms with Crippen molar-refractivity contribution in [3.63, 3.8) is 0 Å². The molecule has 90 valence electrons. The predicted octanol–water partition coefficient (Wildman–Crippen LogP) is 1.03. The molecule has 0 saturated heterocycles. The zero-order chi connectivity index (χ0) is 12.3. The van der Waals surface area contributed by atoms with Crippen LogP contribution < -0.4 is 4.74 Å². The van der Waals surface area contributed by atoms with Gasteiger partial charge in [-0.15, -0.1) is 0 Å². The summed E-state index contributed by atoms with van der Waals surface area (Å²) in [4.78, 5) is 3.96. The van der Waals surface area contributed by atoms with Gasteiger partial charge in [0.25, 0.3) is 0 Å². The summed E-state index contributed by atoms with van der Waals surface area (Å²) in [5.74, 6) is 0.236. The van der Waals surface area contributed by atoms with Crippen LogP contribution in [-0.4, -0.2) is 19.9 Å². The quantitative estimate of drug-likeness (QED) is 0.862. The zero-order valence-electron chi connectivity index (χ0n) is 9.30. The van der Waals surface area contributed by atoms with E-state index < -0.39 is 5.82 Å². The first-order valence-electron chi connectivity index (χ1n) is 5.05. The standard InChI is InChI=1S/C11H12FN3O2/c1-15-11(13-7-14-15)6-17-10-3-2-8(5-16)4-9(10)12/h2-4,7,16H,5-6H2,1H3. The molecule has 5 nitrogen and oxygen atoms in total. The minimum absolute atomic E-state index is 0.130. The third kappa shape index (κ3) is 2.59. The van der Waals surface area contributed by atoms with E-state index in [1.807, 2.05) is 0 Å². The summed E-state index contributed by atoms with van der Waals surface area (Å²) in [5.41, 5.74) is 0.508. The van der Waals surface area contributed by atoms with Crippen LogP contribution in [0.2, 0.25) is 0 Å². The normalized spacial score (nSPS) is 10.5. The fourth-order valence-corrected chi connectivity index (χ4v) is 1.35. The number of aliphatic hydroxyl groups is 1. The predicted molar refractivity (Wildman–Crippen MR) is 57.7 cm³/mol. The Labute approximate surface area is 97.5 Å². The maximum atomic E-state index is 13.5. The maximum absolute atomic E-state index is 13.5. The molecule has 1 aromatic heterocycles. The van der Waals surface area contributed by atoms with Crippen LogP contribution >= 0.6 is 0 Å². The molecule has 1 aromatic carbocycles. The van der Waals surface area contributed by atoms with Gasteiger partial charge in [-0.2, -0.15) is 5.10 Å². The second-order valence-electron chi connectivity index (χ2n) is 3.51. The minimum Gasteiger partial charge on any atom is -0.483 e. The highest BCUT2D eigenvalue weighted by Crippen LogP contribution is 2.19. The monoisotopic (exact) mass is 237 g/mol. The van der Waals surface area contributed by atoms with Crippen LogP contribution in [0.5, 0.6) is 5.75 Å². The number of aryl methyl sites for hydroxylation is 1. The first kappa shape index (κ1) is 11.5. The zero-order valence-corrected chi connectivity index (χ0v) is 9.30. The van der Waals surface area contributed by atoms with E-state index in [1.165, 1.54) is 18.5 Å². The summed E-state index contributed by atoms with van der Waals surface area (Å²) in [6.07, 6.45) is 1.41. The van der Waals surface area contributed by atoms with Crippen molar-refractivity contribution in [3.05, 3.63) is 41.7 Å². The summed E-state index contributed by atoms with van der Waals surface area (Å²) in [6.45, 7) is -0.0492. The Morgan fingerprint density at radius 3 is 2.88 bits per heavy atom. The van der Waals surface area contributed by atoms with E-state index in [2.05, 4.69) is 10.1 Å². The van der Waals surface area contributed by atoms with E-state index in [1.54, 1.807) is 17.8 Å². The van der Waals surface area contributed by atoms with Gasteiger partial charge >= 0.3 is 0 Å². The third-order valence-electron chi connectivity index (χ3n) is 2.34. The number of hydrogen-bond acceptors (Lipinski definition) is 4. The first-order valence-corrected chi connectivity index (χ1v) is 5.05. The Morgan fingerprint density at radius 2 is 2.29 bits per heavy atom. The Balaban J connectivity index is 2.07. The maximum Gasteiger partial charge on any atom is 0.165 e. The molecule has 0 unspecified atom stereocenters. The van der Waals surface area contributed by atoms with Crippen LogP contribution in [0.1, 0.15) is 11.4 Å². The molecule has 2 aromatic rings. The highest BCUT2D eigenvalue weighted by atomic mass is 19.1. The molecular weight excluding hydrogens is 225 g/mol. The summed E-state index contributed by atoms with van der Waals surface area (Å²) < 4.78 is 20.3. The molecule has 2 rings (SSSR count). The molecule has 0 aliphatic rings. The van der Waals surface area contributed by atoms with E-state index >= 15 is 0 Å². The molecule has 0 aliphatic heterocycles. The molecular formula is C11H12FN3O2. The van der Waals surface area contributed by atoms with Crippen LogP contribution in [-0.2, 0) is 20.3 Å². The van der Waals surface area contributed by atoms with Gasteiger partial charge in [-0.1, -0.05) is 6.07 Å². The molecule has 0 bridgehead atoms. The van der Waals surface area contributed by atoms with Crippen LogP contribution in [0.15, 0.2) is 24.5 Å². The van der Waals surface area contributed by atoms with Gasteiger partial charge in [0.1, 0.15) is 12.9 Å². The van der Waals surface area contributed by atoms with Crippen LogP contribution in [0, 0.1) is 5.82 Å². The van der Waals surface area contributed by atoms with E-state index in [9.17, 15) is 4.39 Å². The number of nitrogens with zero attached hydrogens (tertiary/aromatic N) is 3. The number of benzene rings is 1. The molecule has 0 spiro atoms. The smallest absolute Gasteiger partial charge is 0.165 e. The topological polar surface area (TPSA) is 60.2 Å². The highest BCUT2D eigenvalue weighted by Gasteiger charge is 2.07. The van der Waals surface area contributed by atoms with Crippen LogP contribution in [0.3, 0.4) is 0 Å². The van der Waals surface area contributed by atoms with Crippen molar-refractivity contribution < 1.29 is 14.2 Å². The Bertz CT molecular complexity index is 513. The van der Waals surface area contributed by atoms with Gasteiger partial charge in [0.05, 0.1) is 6.61 Å². The molecule has 0 atom stereocenters. The van der Waals surface area contributed by atoms with Crippen molar-refractivity contribution in [3.8, 4) is 5.75 Å². The largest absolute Gasteiger partial charge is 0.483 e. The fraction of sp³-hybridized carbons (Fsp3) is 0.273. The van der Waals surface area contributed by atoms with E-state index in [4.69, 9.17) is 9.84 Å². The average molecular weight is 237 g/mol. The fourth-order valence-electron chi connectivity index (χ4n) is 1.35. The molecule has 1 heterocycles. The van der Waals surface area contributed by atoms with Crippen molar-refractivity contribution >= 4 is 0 Å². The lowest BCUT2D eigenvalue weighted by Crippen LogP contribution is -2.05. The number of rotatable bonds is 4. The van der Waals surface area contributed by atoms with Gasteiger partial charge in [-0.3, -0.25) is 4.68 Å². The van der Waals surface area contributed by atoms with Gasteiger partial charge in [0.15, 0.2) is 17.4 Å². The minimum atomic E-state index is -0.501. The lowest BCUT2D eigenvalue weighted by atomic mass is 10.2. The second-order valence-corrected chi connectivity index (χ2v) is 3.51. The van der Waals surface area contributed by atoms with Crippen molar-refractivity contribution in [2.75, 3.05) is 0 Å². The summed E-state index contributed by atoms with van der Waals surface area (Å²) >= 11 is 0. The van der Waals surface area contributed by atoms with E-state index in [-0.39, 0.29) is 19.0 Å². The lowest BCUT2D eigenvalue weighted by Gasteiger charge is -2.07. The van der Waals surface area contributed by atoms with Gasteiger partial charge in [-0.25, -0.2) is 9.37 Å². The molecule has 0 saturated carbocycles. The third-order valence-corrected chi connectivity index (χ3v) is 2.34. The summed E-state index contributed by atoms with van der Waals surface area (Å²) in [5, 5.41) is 12.7. The number of hydrogen-bond donors (Lipinski definition) is 1. The van der Waals surface area contributed by atoms with Gasteiger partial charge < -0.3 is 9.84 Å². The van der Waals surface area contributed by atoms with Crippen LogP contribution in [0.4, 0.5) is 4.39 Å². The molecule has 0 aliphatic carbocycles. The summed E-state index contributed by atoms with van der Waals surface area (Å²) in [7, 11) is 1.73. The van der Waals surface area contributed by atoms with Crippen molar-refractivity contribution in [1.82, 2.24) is 14.8 Å². The van der Waals surface area contributed by atoms with Crippen molar-refractivity contribution in [2.45, 2.75) is 13.2 Å². The van der Waals surface area contributed by atoms with Crippen molar-refractivity contribution in [1.29, 1.82) is 0 Å². The number of aliphatic hydroxyl groups excluding tert-OH is 1. The molecule has 0 fully saturated rings. The molecule has 0 amide bonds. The molecule has 6 heteroatoms. The Hall–Kier alpha value is -1.95. The van der Waals surface area contributed by atoms with E-state index in [0.717, 1.165) is 0 Å². The van der Waals surface area contributed by atoms with Gasteiger partial charge in [0, 0.05) is 7.05 Å².